The topological polar surface area (TPSA) is 94.8 Å². The van der Waals surface area contributed by atoms with Gasteiger partial charge < -0.3 is 10.2 Å². The summed E-state index contributed by atoms with van der Waals surface area (Å²) in [6, 6.07) is 0. The minimum atomic E-state index is -5.39. The quantitative estimate of drug-likeness (QED) is 0.385. The number of benzene rings is 1. The summed E-state index contributed by atoms with van der Waals surface area (Å²) in [4.78, 5) is -2.06. The lowest BCUT2D eigenvalue weighted by Crippen LogP contribution is -2.07. The molecule has 1 aromatic carbocycles. The van der Waals surface area contributed by atoms with E-state index in [4.69, 9.17) is 14.8 Å². The van der Waals surface area contributed by atoms with Gasteiger partial charge in [-0.15, -0.1) is 0 Å². The van der Waals surface area contributed by atoms with E-state index in [2.05, 4.69) is 0 Å². The van der Waals surface area contributed by atoms with Crippen molar-refractivity contribution in [1.29, 1.82) is 0 Å². The first-order valence-corrected chi connectivity index (χ1v) is 4.67. The average Bonchev–Trinajstić information content (AvgIpc) is 2.09. The molecule has 1 aromatic rings. The van der Waals surface area contributed by atoms with Crippen molar-refractivity contribution in [3.63, 3.8) is 0 Å². The van der Waals surface area contributed by atoms with E-state index in [0.29, 0.717) is 0 Å². The van der Waals surface area contributed by atoms with Gasteiger partial charge in [-0.05, 0) is 0 Å². The van der Waals surface area contributed by atoms with E-state index in [9.17, 15) is 21.6 Å². The highest BCUT2D eigenvalue weighted by Crippen LogP contribution is 2.37. The van der Waals surface area contributed by atoms with Gasteiger partial charge in [0, 0.05) is 0 Å². The van der Waals surface area contributed by atoms with Crippen molar-refractivity contribution >= 4 is 10.1 Å². The summed E-state index contributed by atoms with van der Waals surface area (Å²) in [5, 5.41) is 17.2. The molecule has 0 aliphatic carbocycles. The summed E-state index contributed by atoms with van der Waals surface area (Å²) < 4.78 is 67.4. The Balaban J connectivity index is 3.84. The van der Waals surface area contributed by atoms with Gasteiger partial charge in [-0.2, -0.15) is 12.8 Å². The van der Waals surface area contributed by atoms with Crippen LogP contribution in [0, 0.1) is 17.5 Å². The van der Waals surface area contributed by atoms with Gasteiger partial charge in [0.2, 0.25) is 5.82 Å². The van der Waals surface area contributed by atoms with Crippen molar-refractivity contribution < 1.29 is 36.4 Å². The molecule has 0 saturated heterocycles. The highest BCUT2D eigenvalue weighted by atomic mass is 32.2. The third-order valence-corrected chi connectivity index (χ3v) is 2.36. The van der Waals surface area contributed by atoms with Crippen LogP contribution in [-0.2, 0) is 10.1 Å². The Morgan fingerprint density at radius 1 is 0.867 bits per heavy atom. The van der Waals surface area contributed by atoms with Gasteiger partial charge in [-0.3, -0.25) is 4.55 Å². The minimum Gasteiger partial charge on any atom is -0.502 e. The molecule has 15 heavy (non-hydrogen) atoms. The van der Waals surface area contributed by atoms with Crippen molar-refractivity contribution in [2.45, 2.75) is 4.90 Å². The molecule has 0 heterocycles. The maximum atomic E-state index is 12.8. The summed E-state index contributed by atoms with van der Waals surface area (Å²) in [5.41, 5.74) is 0. The molecule has 3 N–H and O–H groups in total. The Morgan fingerprint density at radius 3 is 1.67 bits per heavy atom. The fraction of sp³-hybridized carbons (Fsp3) is 0. The van der Waals surface area contributed by atoms with Crippen LogP contribution < -0.4 is 0 Å². The first kappa shape index (κ1) is 11.6. The van der Waals surface area contributed by atoms with Gasteiger partial charge in [-0.1, -0.05) is 0 Å². The smallest absolute Gasteiger partial charge is 0.300 e. The molecule has 0 saturated carbocycles. The fourth-order valence-corrected chi connectivity index (χ4v) is 1.48. The Bertz CT molecular complexity index is 495. The highest BCUT2D eigenvalue weighted by molar-refractivity contribution is 7.85. The van der Waals surface area contributed by atoms with Gasteiger partial charge in [0.1, 0.15) is 0 Å². The molecule has 0 fully saturated rings. The third-order valence-electron chi connectivity index (χ3n) is 1.49. The van der Waals surface area contributed by atoms with Crippen LogP contribution in [0.1, 0.15) is 0 Å². The predicted molar refractivity (Wildman–Crippen MR) is 39.5 cm³/mol. The van der Waals surface area contributed by atoms with E-state index in [1.54, 1.807) is 0 Å². The number of hydrogen-bond donors (Lipinski definition) is 3. The molecule has 5 nitrogen and oxygen atoms in total. The zero-order valence-electron chi connectivity index (χ0n) is 6.70. The van der Waals surface area contributed by atoms with Crippen LogP contribution in [0.2, 0.25) is 0 Å². The SMILES string of the molecule is O=S(=O)(O)c1c(F)c(O)c(O)c(F)c1F. The molecule has 0 spiro atoms. The Labute approximate surface area is 81.1 Å². The lowest BCUT2D eigenvalue weighted by molar-refractivity contribution is 0.329. The molecule has 9 heteroatoms. The van der Waals surface area contributed by atoms with Gasteiger partial charge in [0.05, 0.1) is 0 Å². The largest absolute Gasteiger partial charge is 0.502 e. The van der Waals surface area contributed by atoms with Crippen molar-refractivity contribution in [3.05, 3.63) is 17.5 Å². The lowest BCUT2D eigenvalue weighted by atomic mass is 10.3. The monoisotopic (exact) mass is 244 g/mol. The van der Waals surface area contributed by atoms with E-state index in [1.807, 2.05) is 0 Å². The van der Waals surface area contributed by atoms with Crippen LogP contribution in [0.25, 0.3) is 0 Å². The van der Waals surface area contributed by atoms with E-state index in [1.165, 1.54) is 0 Å². The second-order valence-electron chi connectivity index (χ2n) is 2.44. The summed E-state index contributed by atoms with van der Waals surface area (Å²) in [6.45, 7) is 0. The maximum Gasteiger partial charge on any atom is 0.300 e. The molecule has 0 aliphatic rings. The number of phenolic OH excluding ortho intramolecular Hbond substituents is 2. The maximum absolute atomic E-state index is 12.8. The number of hydrogen-bond acceptors (Lipinski definition) is 4. The summed E-state index contributed by atoms with van der Waals surface area (Å²) in [5.74, 6) is -10.3. The van der Waals surface area contributed by atoms with Gasteiger partial charge in [-0.25, -0.2) is 8.78 Å². The number of halogens is 3. The summed E-state index contributed by atoms with van der Waals surface area (Å²) in [7, 11) is -5.39. The normalized spacial score (nSPS) is 11.7. The zero-order valence-corrected chi connectivity index (χ0v) is 7.52. The van der Waals surface area contributed by atoms with Crippen molar-refractivity contribution in [1.82, 2.24) is 0 Å². The van der Waals surface area contributed by atoms with Crippen LogP contribution in [0.4, 0.5) is 13.2 Å². The molecule has 0 atom stereocenters. The predicted octanol–water partition coefficient (Wildman–Crippen LogP) is 0.762. The molecular weight excluding hydrogens is 241 g/mol. The van der Waals surface area contributed by atoms with Crippen molar-refractivity contribution in [3.8, 4) is 11.5 Å². The first-order chi connectivity index (χ1) is 6.68. The number of phenols is 2. The average molecular weight is 244 g/mol. The van der Waals surface area contributed by atoms with E-state index in [-0.39, 0.29) is 0 Å². The minimum absolute atomic E-state index is 1.78. The van der Waals surface area contributed by atoms with E-state index in [0.717, 1.165) is 0 Å². The molecular formula is C6H3F3O5S. The molecule has 1 rings (SSSR count). The number of rotatable bonds is 1. The Kier molecular flexibility index (Phi) is 2.53. The van der Waals surface area contributed by atoms with Gasteiger partial charge in [0.15, 0.2) is 28.0 Å². The second-order valence-corrected chi connectivity index (χ2v) is 3.80. The van der Waals surface area contributed by atoms with Crippen LogP contribution in [0.3, 0.4) is 0 Å². The van der Waals surface area contributed by atoms with E-state index < -0.39 is 44.0 Å². The van der Waals surface area contributed by atoms with Gasteiger partial charge in [0.25, 0.3) is 0 Å². The summed E-state index contributed by atoms with van der Waals surface area (Å²) in [6.07, 6.45) is 0. The second kappa shape index (κ2) is 3.28. The molecule has 84 valence electrons. The first-order valence-electron chi connectivity index (χ1n) is 3.23. The fourth-order valence-electron chi connectivity index (χ4n) is 0.842. The molecule has 0 aliphatic heterocycles. The van der Waals surface area contributed by atoms with Crippen LogP contribution >= 0.6 is 0 Å². The molecule has 0 aromatic heterocycles. The highest BCUT2D eigenvalue weighted by Gasteiger charge is 2.31. The molecule has 0 radical (unpaired) electrons. The number of aromatic hydroxyl groups is 2. The van der Waals surface area contributed by atoms with Crippen LogP contribution in [0.5, 0.6) is 11.5 Å². The molecule has 0 amide bonds. The molecule has 0 unspecified atom stereocenters. The lowest BCUT2D eigenvalue weighted by Gasteiger charge is -2.06. The van der Waals surface area contributed by atoms with Gasteiger partial charge >= 0.3 is 10.1 Å². The zero-order chi connectivity index (χ0) is 12.0. The Morgan fingerprint density at radius 2 is 1.27 bits per heavy atom. The van der Waals surface area contributed by atoms with Crippen LogP contribution in [0.15, 0.2) is 4.90 Å². The van der Waals surface area contributed by atoms with E-state index >= 15 is 0 Å². The standard InChI is InChI=1S/C6H3F3O5S/c7-1-2(8)6(15(12,13)14)3(9)5(11)4(1)10/h10-11H,(H,12,13,14). The summed E-state index contributed by atoms with van der Waals surface area (Å²) >= 11 is 0. The third kappa shape index (κ3) is 1.70. The van der Waals surface area contributed by atoms with Crippen molar-refractivity contribution in [2.75, 3.05) is 0 Å². The van der Waals surface area contributed by atoms with Crippen molar-refractivity contribution in [2.24, 2.45) is 0 Å². The molecule has 0 bridgehead atoms. The Hall–Kier alpha value is -1.48. The van der Waals surface area contributed by atoms with Crippen LogP contribution in [-0.4, -0.2) is 23.2 Å².